The van der Waals surface area contributed by atoms with Crippen molar-refractivity contribution in [3.63, 3.8) is 0 Å². The first-order chi connectivity index (χ1) is 8.02. The lowest BCUT2D eigenvalue weighted by molar-refractivity contribution is -0.133. The van der Waals surface area contributed by atoms with Crippen molar-refractivity contribution < 1.29 is 4.79 Å². The maximum Gasteiger partial charge on any atom is 0.241 e. The molecule has 2 fully saturated rings. The number of nitrogens with zero attached hydrogens (tertiary/aromatic N) is 1. The lowest BCUT2D eigenvalue weighted by atomic mass is 10.0. The molecule has 1 N–H and O–H groups in total. The summed E-state index contributed by atoms with van der Waals surface area (Å²) >= 11 is 0. The molecule has 98 valence electrons. The fourth-order valence-electron chi connectivity index (χ4n) is 3.21. The van der Waals surface area contributed by atoms with E-state index in [9.17, 15) is 4.79 Å². The Morgan fingerprint density at radius 1 is 1.12 bits per heavy atom. The first kappa shape index (κ1) is 12.9. The van der Waals surface area contributed by atoms with E-state index in [0.717, 1.165) is 0 Å². The maximum absolute atomic E-state index is 12.5. The molecule has 2 aliphatic rings. The summed E-state index contributed by atoms with van der Waals surface area (Å²) in [6.45, 7) is 8.67. The molecule has 2 atom stereocenters. The summed E-state index contributed by atoms with van der Waals surface area (Å²) in [6.07, 6.45) is 5.21. The normalized spacial score (nSPS) is 31.2. The molecule has 1 aliphatic heterocycles. The van der Waals surface area contributed by atoms with E-state index in [1.165, 1.54) is 25.7 Å². The number of nitrogens with one attached hydrogen (secondary N) is 1. The van der Waals surface area contributed by atoms with Crippen LogP contribution in [0.4, 0.5) is 0 Å². The molecule has 17 heavy (non-hydrogen) atoms. The molecule has 0 aromatic heterocycles. The molecule has 0 aromatic rings. The molecule has 1 heterocycles. The maximum atomic E-state index is 12.5. The molecule has 2 rings (SSSR count). The van der Waals surface area contributed by atoms with E-state index in [1.54, 1.807) is 0 Å². The minimum absolute atomic E-state index is 0.0306. The van der Waals surface area contributed by atoms with Crippen molar-refractivity contribution in [1.82, 2.24) is 10.2 Å². The molecule has 3 heteroatoms. The first-order valence-electron chi connectivity index (χ1n) is 7.10. The van der Waals surface area contributed by atoms with E-state index in [1.807, 2.05) is 0 Å². The van der Waals surface area contributed by atoms with Crippen LogP contribution in [-0.2, 0) is 4.79 Å². The Balaban J connectivity index is 2.17. The van der Waals surface area contributed by atoms with Gasteiger partial charge in [0.05, 0.1) is 12.2 Å². The van der Waals surface area contributed by atoms with Gasteiger partial charge in [-0.05, 0) is 24.7 Å². The first-order valence-corrected chi connectivity index (χ1v) is 7.10. The number of hydrogen-bond acceptors (Lipinski definition) is 2. The minimum atomic E-state index is 0.0306. The van der Waals surface area contributed by atoms with Gasteiger partial charge in [0.1, 0.15) is 0 Å². The summed E-state index contributed by atoms with van der Waals surface area (Å²) in [5, 5.41) is 3.54. The van der Waals surface area contributed by atoms with Gasteiger partial charge in [-0.2, -0.15) is 0 Å². The van der Waals surface area contributed by atoms with E-state index in [4.69, 9.17) is 0 Å². The number of carbonyl (C=O) groups excluding carboxylic acids is 1. The van der Waals surface area contributed by atoms with E-state index < -0.39 is 0 Å². The fraction of sp³-hybridized carbons (Fsp3) is 0.929. The van der Waals surface area contributed by atoms with Crippen molar-refractivity contribution in [2.75, 3.05) is 0 Å². The van der Waals surface area contributed by atoms with Crippen LogP contribution >= 0.6 is 0 Å². The number of amides is 1. The molecule has 1 amide bonds. The van der Waals surface area contributed by atoms with Crippen LogP contribution in [0.2, 0.25) is 0 Å². The number of hydrogen-bond donors (Lipinski definition) is 1. The van der Waals surface area contributed by atoms with Crippen molar-refractivity contribution in [2.24, 2.45) is 11.8 Å². The quantitative estimate of drug-likeness (QED) is 0.818. The fourth-order valence-corrected chi connectivity index (χ4v) is 3.21. The average Bonchev–Trinajstić information content (AvgIpc) is 2.83. The molecule has 1 saturated carbocycles. The van der Waals surface area contributed by atoms with E-state index in [0.29, 0.717) is 23.8 Å². The summed E-state index contributed by atoms with van der Waals surface area (Å²) < 4.78 is 0. The highest BCUT2D eigenvalue weighted by Gasteiger charge is 2.44. The predicted molar refractivity (Wildman–Crippen MR) is 69.5 cm³/mol. The van der Waals surface area contributed by atoms with Gasteiger partial charge in [-0.1, -0.05) is 40.5 Å². The van der Waals surface area contributed by atoms with Gasteiger partial charge in [-0.25, -0.2) is 0 Å². The van der Waals surface area contributed by atoms with Gasteiger partial charge in [0.15, 0.2) is 0 Å². The molecule has 0 aromatic carbocycles. The Bertz CT molecular complexity index is 282. The molecule has 0 bridgehead atoms. The standard InChI is InChI=1S/C14H26N2O/c1-9(2)12-14(17)16(11-7-5-6-8-11)13(15-12)10(3)4/h9-13,15H,5-8H2,1-4H3. The second kappa shape index (κ2) is 4.97. The second-order valence-electron chi connectivity index (χ2n) is 6.26. The van der Waals surface area contributed by atoms with Gasteiger partial charge in [0.25, 0.3) is 0 Å². The van der Waals surface area contributed by atoms with E-state index in [2.05, 4.69) is 37.9 Å². The lowest BCUT2D eigenvalue weighted by Crippen LogP contribution is -2.46. The van der Waals surface area contributed by atoms with Crippen LogP contribution in [0.15, 0.2) is 0 Å². The van der Waals surface area contributed by atoms with Crippen molar-refractivity contribution in [3.8, 4) is 0 Å². The van der Waals surface area contributed by atoms with Gasteiger partial charge in [0.2, 0.25) is 5.91 Å². The third-order valence-electron chi connectivity index (χ3n) is 4.19. The highest BCUT2D eigenvalue weighted by Crippen LogP contribution is 2.31. The van der Waals surface area contributed by atoms with Crippen molar-refractivity contribution >= 4 is 5.91 Å². The summed E-state index contributed by atoms with van der Waals surface area (Å²) in [7, 11) is 0. The van der Waals surface area contributed by atoms with Gasteiger partial charge in [0, 0.05) is 6.04 Å². The van der Waals surface area contributed by atoms with E-state index in [-0.39, 0.29) is 12.2 Å². The zero-order chi connectivity index (χ0) is 12.6. The average molecular weight is 238 g/mol. The van der Waals surface area contributed by atoms with Gasteiger partial charge in [-0.3, -0.25) is 10.1 Å². The van der Waals surface area contributed by atoms with Crippen LogP contribution < -0.4 is 5.32 Å². The smallest absolute Gasteiger partial charge is 0.241 e. The van der Waals surface area contributed by atoms with Crippen molar-refractivity contribution in [1.29, 1.82) is 0 Å². The van der Waals surface area contributed by atoms with Crippen LogP contribution in [0.1, 0.15) is 53.4 Å². The lowest BCUT2D eigenvalue weighted by Gasteiger charge is -2.32. The molecule has 2 unspecified atom stereocenters. The van der Waals surface area contributed by atoms with E-state index >= 15 is 0 Å². The summed E-state index contributed by atoms with van der Waals surface area (Å²) in [4.78, 5) is 14.7. The van der Waals surface area contributed by atoms with Crippen LogP contribution in [0, 0.1) is 11.8 Å². The zero-order valence-electron chi connectivity index (χ0n) is 11.6. The van der Waals surface area contributed by atoms with Gasteiger partial charge < -0.3 is 4.90 Å². The molecular formula is C14H26N2O. The second-order valence-corrected chi connectivity index (χ2v) is 6.26. The number of carbonyl (C=O) groups is 1. The third kappa shape index (κ3) is 2.35. The number of rotatable bonds is 3. The van der Waals surface area contributed by atoms with Gasteiger partial charge in [-0.15, -0.1) is 0 Å². The highest BCUT2D eigenvalue weighted by molar-refractivity contribution is 5.85. The molecule has 0 spiro atoms. The Kier molecular flexibility index (Phi) is 3.76. The summed E-state index contributed by atoms with van der Waals surface area (Å²) in [5.41, 5.74) is 0. The van der Waals surface area contributed by atoms with Crippen LogP contribution in [0.5, 0.6) is 0 Å². The van der Waals surface area contributed by atoms with Crippen LogP contribution in [0.3, 0.4) is 0 Å². The Hall–Kier alpha value is -0.570. The SMILES string of the molecule is CC(C)C1NC(C(C)C)N(C2CCCC2)C1=O. The zero-order valence-corrected chi connectivity index (χ0v) is 11.6. The third-order valence-corrected chi connectivity index (χ3v) is 4.19. The molecule has 3 nitrogen and oxygen atoms in total. The van der Waals surface area contributed by atoms with Crippen LogP contribution in [-0.4, -0.2) is 29.1 Å². The largest absolute Gasteiger partial charge is 0.323 e. The molecule has 0 radical (unpaired) electrons. The monoisotopic (exact) mass is 238 g/mol. The summed E-state index contributed by atoms with van der Waals surface area (Å²) in [6, 6.07) is 0.522. The topological polar surface area (TPSA) is 32.3 Å². The van der Waals surface area contributed by atoms with Gasteiger partial charge >= 0.3 is 0 Å². The Labute approximate surface area is 105 Å². The van der Waals surface area contributed by atoms with Crippen molar-refractivity contribution in [2.45, 2.75) is 71.6 Å². The van der Waals surface area contributed by atoms with Crippen molar-refractivity contribution in [3.05, 3.63) is 0 Å². The highest BCUT2D eigenvalue weighted by atomic mass is 16.2. The minimum Gasteiger partial charge on any atom is -0.323 e. The predicted octanol–water partition coefficient (Wildman–Crippen LogP) is 2.37. The summed E-state index contributed by atoms with van der Waals surface area (Å²) in [5.74, 6) is 1.21. The Morgan fingerprint density at radius 3 is 2.18 bits per heavy atom. The molecule has 1 saturated heterocycles. The Morgan fingerprint density at radius 2 is 1.71 bits per heavy atom. The molecular weight excluding hydrogens is 212 g/mol. The van der Waals surface area contributed by atoms with Crippen LogP contribution in [0.25, 0.3) is 0 Å². The molecule has 1 aliphatic carbocycles.